The summed E-state index contributed by atoms with van der Waals surface area (Å²) in [5, 5.41) is 10.1. The Hall–Kier alpha value is -0.910. The largest absolute Gasteiger partial charge is 0.369 e. The third kappa shape index (κ3) is 2.26. The molecule has 0 saturated carbocycles. The molecular formula is C12H12Cl2N2. The number of rotatable bonds is 1. The van der Waals surface area contributed by atoms with Gasteiger partial charge in [0, 0.05) is 13.1 Å². The summed E-state index contributed by atoms with van der Waals surface area (Å²) in [5.74, 6) is 0.101. The van der Waals surface area contributed by atoms with Gasteiger partial charge in [0.05, 0.1) is 27.7 Å². The Kier molecular flexibility index (Phi) is 3.58. The lowest BCUT2D eigenvalue weighted by Crippen LogP contribution is -2.34. The van der Waals surface area contributed by atoms with Crippen molar-refractivity contribution in [3.63, 3.8) is 0 Å². The number of benzene rings is 1. The highest BCUT2D eigenvalue weighted by Gasteiger charge is 2.21. The molecule has 16 heavy (non-hydrogen) atoms. The van der Waals surface area contributed by atoms with E-state index in [-0.39, 0.29) is 5.92 Å². The predicted octanol–water partition coefficient (Wildman–Crippen LogP) is 3.73. The highest BCUT2D eigenvalue weighted by Crippen LogP contribution is 2.34. The second-order valence-electron chi connectivity index (χ2n) is 3.99. The molecule has 1 atom stereocenters. The Morgan fingerprint density at radius 1 is 1.38 bits per heavy atom. The van der Waals surface area contributed by atoms with Crippen molar-refractivity contribution in [3.05, 3.63) is 28.2 Å². The Balaban J connectivity index is 2.24. The minimum atomic E-state index is 0.101. The number of hydrogen-bond acceptors (Lipinski definition) is 2. The first kappa shape index (κ1) is 11.6. The summed E-state index contributed by atoms with van der Waals surface area (Å²) < 4.78 is 0. The molecule has 84 valence electrons. The van der Waals surface area contributed by atoms with Gasteiger partial charge in [-0.25, -0.2) is 0 Å². The number of piperidine rings is 1. The van der Waals surface area contributed by atoms with E-state index >= 15 is 0 Å². The summed E-state index contributed by atoms with van der Waals surface area (Å²) in [7, 11) is 0. The van der Waals surface area contributed by atoms with E-state index in [0.29, 0.717) is 10.0 Å². The van der Waals surface area contributed by atoms with Crippen LogP contribution in [0, 0.1) is 17.2 Å². The molecule has 0 radical (unpaired) electrons. The topological polar surface area (TPSA) is 27.0 Å². The zero-order valence-corrected chi connectivity index (χ0v) is 10.3. The average Bonchev–Trinajstić information content (AvgIpc) is 2.33. The van der Waals surface area contributed by atoms with Gasteiger partial charge in [0.2, 0.25) is 0 Å². The zero-order chi connectivity index (χ0) is 11.5. The molecule has 1 aliphatic heterocycles. The number of halogens is 2. The SMILES string of the molecule is N#CC1CCCN(c2cccc(Cl)c2Cl)C1. The molecule has 0 aliphatic carbocycles. The highest BCUT2D eigenvalue weighted by molar-refractivity contribution is 6.43. The van der Waals surface area contributed by atoms with Gasteiger partial charge < -0.3 is 4.90 Å². The van der Waals surface area contributed by atoms with Crippen LogP contribution in [0.4, 0.5) is 5.69 Å². The molecular weight excluding hydrogens is 243 g/mol. The lowest BCUT2D eigenvalue weighted by Gasteiger charge is -2.32. The van der Waals surface area contributed by atoms with Crippen LogP contribution < -0.4 is 4.90 Å². The minimum absolute atomic E-state index is 0.101. The van der Waals surface area contributed by atoms with Crippen LogP contribution in [0.5, 0.6) is 0 Å². The molecule has 1 saturated heterocycles. The van der Waals surface area contributed by atoms with Gasteiger partial charge in [0.25, 0.3) is 0 Å². The van der Waals surface area contributed by atoms with E-state index in [4.69, 9.17) is 28.5 Å². The van der Waals surface area contributed by atoms with E-state index in [1.165, 1.54) is 0 Å². The fourth-order valence-electron chi connectivity index (χ4n) is 2.04. The minimum Gasteiger partial charge on any atom is -0.369 e. The van der Waals surface area contributed by atoms with Gasteiger partial charge in [-0.15, -0.1) is 0 Å². The maximum Gasteiger partial charge on any atom is 0.0825 e. The number of hydrogen-bond donors (Lipinski definition) is 0. The number of nitriles is 1. The standard InChI is InChI=1S/C12H12Cl2N2/c13-10-4-1-5-11(12(10)14)16-6-2-3-9(7-15)8-16/h1,4-5,9H,2-3,6,8H2. The summed E-state index contributed by atoms with van der Waals surface area (Å²) in [6.45, 7) is 1.69. The number of nitrogens with zero attached hydrogens (tertiary/aromatic N) is 2. The van der Waals surface area contributed by atoms with Crippen molar-refractivity contribution in [2.75, 3.05) is 18.0 Å². The Morgan fingerprint density at radius 2 is 2.19 bits per heavy atom. The number of anilines is 1. The molecule has 1 unspecified atom stereocenters. The summed E-state index contributed by atoms with van der Waals surface area (Å²) in [6, 6.07) is 7.94. The van der Waals surface area contributed by atoms with Gasteiger partial charge in [-0.05, 0) is 25.0 Å². The van der Waals surface area contributed by atoms with Gasteiger partial charge in [-0.2, -0.15) is 5.26 Å². The van der Waals surface area contributed by atoms with E-state index in [9.17, 15) is 0 Å². The normalized spacial score (nSPS) is 20.6. The summed E-state index contributed by atoms with van der Waals surface area (Å²) in [5.41, 5.74) is 0.939. The molecule has 0 bridgehead atoms. The molecule has 0 amide bonds. The van der Waals surface area contributed by atoms with E-state index in [1.807, 2.05) is 12.1 Å². The van der Waals surface area contributed by atoms with Crippen molar-refractivity contribution in [2.24, 2.45) is 5.92 Å². The smallest absolute Gasteiger partial charge is 0.0825 e. The molecule has 1 aromatic carbocycles. The van der Waals surface area contributed by atoms with Crippen LogP contribution in [0.15, 0.2) is 18.2 Å². The van der Waals surface area contributed by atoms with Crippen molar-refractivity contribution in [1.82, 2.24) is 0 Å². The van der Waals surface area contributed by atoms with Gasteiger partial charge in [-0.1, -0.05) is 29.3 Å². The molecule has 2 rings (SSSR count). The van der Waals surface area contributed by atoms with E-state index in [2.05, 4.69) is 11.0 Å². The van der Waals surface area contributed by atoms with E-state index in [1.54, 1.807) is 6.07 Å². The quantitative estimate of drug-likeness (QED) is 0.764. The van der Waals surface area contributed by atoms with E-state index in [0.717, 1.165) is 31.6 Å². The summed E-state index contributed by atoms with van der Waals surface area (Å²) in [4.78, 5) is 2.14. The van der Waals surface area contributed by atoms with Crippen molar-refractivity contribution >= 4 is 28.9 Å². The van der Waals surface area contributed by atoms with Crippen molar-refractivity contribution in [1.29, 1.82) is 5.26 Å². The van der Waals surface area contributed by atoms with Crippen LogP contribution in [0.2, 0.25) is 10.0 Å². The van der Waals surface area contributed by atoms with Gasteiger partial charge in [-0.3, -0.25) is 0 Å². The summed E-state index contributed by atoms with van der Waals surface area (Å²) in [6.07, 6.45) is 2.01. The van der Waals surface area contributed by atoms with Crippen LogP contribution >= 0.6 is 23.2 Å². The predicted molar refractivity (Wildman–Crippen MR) is 67.0 cm³/mol. The molecule has 1 heterocycles. The van der Waals surface area contributed by atoms with Crippen LogP contribution in [0.1, 0.15) is 12.8 Å². The van der Waals surface area contributed by atoms with Gasteiger partial charge >= 0.3 is 0 Å². The zero-order valence-electron chi connectivity index (χ0n) is 8.79. The fourth-order valence-corrected chi connectivity index (χ4v) is 2.45. The first-order chi connectivity index (χ1) is 7.72. The Morgan fingerprint density at radius 3 is 2.94 bits per heavy atom. The molecule has 0 aromatic heterocycles. The lowest BCUT2D eigenvalue weighted by molar-refractivity contribution is 0.494. The van der Waals surface area contributed by atoms with Crippen LogP contribution in [-0.4, -0.2) is 13.1 Å². The van der Waals surface area contributed by atoms with Crippen molar-refractivity contribution < 1.29 is 0 Å². The maximum absolute atomic E-state index is 8.94. The second kappa shape index (κ2) is 4.95. The van der Waals surface area contributed by atoms with Crippen LogP contribution in [-0.2, 0) is 0 Å². The monoisotopic (exact) mass is 254 g/mol. The van der Waals surface area contributed by atoms with Gasteiger partial charge in [0.1, 0.15) is 0 Å². The lowest BCUT2D eigenvalue weighted by atomic mass is 9.99. The fraction of sp³-hybridized carbons (Fsp3) is 0.417. The Labute approximate surface area is 105 Å². The molecule has 0 N–H and O–H groups in total. The average molecular weight is 255 g/mol. The molecule has 4 heteroatoms. The van der Waals surface area contributed by atoms with Crippen molar-refractivity contribution in [2.45, 2.75) is 12.8 Å². The van der Waals surface area contributed by atoms with Gasteiger partial charge in [0.15, 0.2) is 0 Å². The summed E-state index contributed by atoms with van der Waals surface area (Å²) >= 11 is 12.1. The molecule has 0 spiro atoms. The second-order valence-corrected chi connectivity index (χ2v) is 4.77. The molecule has 1 aromatic rings. The van der Waals surface area contributed by atoms with E-state index < -0.39 is 0 Å². The maximum atomic E-state index is 8.94. The molecule has 2 nitrogen and oxygen atoms in total. The first-order valence-electron chi connectivity index (χ1n) is 5.31. The third-order valence-corrected chi connectivity index (χ3v) is 3.68. The van der Waals surface area contributed by atoms with Crippen molar-refractivity contribution in [3.8, 4) is 6.07 Å². The third-order valence-electron chi connectivity index (χ3n) is 2.88. The van der Waals surface area contributed by atoms with Crippen LogP contribution in [0.3, 0.4) is 0 Å². The Bertz CT molecular complexity index is 426. The first-order valence-corrected chi connectivity index (χ1v) is 6.06. The molecule has 1 aliphatic rings. The van der Waals surface area contributed by atoms with Crippen LogP contribution in [0.25, 0.3) is 0 Å². The highest BCUT2D eigenvalue weighted by atomic mass is 35.5. The molecule has 1 fully saturated rings.